The maximum absolute atomic E-state index is 12.7. The van der Waals surface area contributed by atoms with Crippen molar-refractivity contribution < 1.29 is 23.1 Å². The molecule has 1 aromatic carbocycles. The van der Waals surface area contributed by atoms with Crippen molar-refractivity contribution in [3.63, 3.8) is 0 Å². The van der Waals surface area contributed by atoms with Crippen LogP contribution in [0.3, 0.4) is 0 Å². The highest BCUT2D eigenvalue weighted by Crippen LogP contribution is 2.41. The van der Waals surface area contributed by atoms with Crippen LogP contribution in [-0.2, 0) is 10.0 Å². The van der Waals surface area contributed by atoms with Crippen molar-refractivity contribution in [2.75, 3.05) is 4.72 Å². The molecule has 0 fully saturated rings. The molecule has 2 aromatic heterocycles. The summed E-state index contributed by atoms with van der Waals surface area (Å²) in [5.74, 6) is 0. The highest BCUT2D eigenvalue weighted by molar-refractivity contribution is 7.92. The first-order valence-corrected chi connectivity index (χ1v) is 10.2. The highest BCUT2D eigenvalue weighted by Gasteiger charge is 2.22. The number of ether oxygens (including phenoxy) is 1. The van der Waals surface area contributed by atoms with Gasteiger partial charge in [-0.3, -0.25) is 9.71 Å². The lowest BCUT2D eigenvalue weighted by atomic mass is 10.2. The van der Waals surface area contributed by atoms with E-state index in [1.54, 1.807) is 37.3 Å². The van der Waals surface area contributed by atoms with Crippen molar-refractivity contribution >= 4 is 44.8 Å². The van der Waals surface area contributed by atoms with Gasteiger partial charge in [0.1, 0.15) is 5.69 Å². The summed E-state index contributed by atoms with van der Waals surface area (Å²) in [6, 6.07) is 11.2. The molecule has 0 saturated carbocycles. The molecular formula is C17H13ClN2O5S2. The molecule has 0 spiro atoms. The summed E-state index contributed by atoms with van der Waals surface area (Å²) in [5.41, 5.74) is 1.07. The summed E-state index contributed by atoms with van der Waals surface area (Å²) in [4.78, 5) is 15.7. The van der Waals surface area contributed by atoms with E-state index < -0.39 is 16.2 Å². The minimum Gasteiger partial charge on any atom is -0.449 e. The van der Waals surface area contributed by atoms with E-state index in [1.165, 1.54) is 18.3 Å². The molecule has 3 aromatic rings. The molecule has 2 N–H and O–H groups in total. The van der Waals surface area contributed by atoms with E-state index in [0.29, 0.717) is 21.2 Å². The molecule has 0 radical (unpaired) electrons. The average Bonchev–Trinajstić information content (AvgIpc) is 2.97. The van der Waals surface area contributed by atoms with Gasteiger partial charge in [-0.1, -0.05) is 41.1 Å². The Balaban J connectivity index is 2.02. The second-order valence-corrected chi connectivity index (χ2v) is 8.51. The number of hydrogen-bond acceptors (Lipinski definition) is 6. The summed E-state index contributed by atoms with van der Waals surface area (Å²) in [5, 5.41) is 9.28. The molecule has 7 nitrogen and oxygen atoms in total. The van der Waals surface area contributed by atoms with Crippen LogP contribution in [0.4, 0.5) is 10.5 Å². The van der Waals surface area contributed by atoms with E-state index in [9.17, 15) is 13.2 Å². The van der Waals surface area contributed by atoms with E-state index >= 15 is 0 Å². The monoisotopic (exact) mass is 424 g/mol. The molecule has 3 rings (SSSR count). The molecule has 0 unspecified atom stereocenters. The van der Waals surface area contributed by atoms with Gasteiger partial charge < -0.3 is 9.84 Å². The van der Waals surface area contributed by atoms with Crippen LogP contribution in [-0.4, -0.2) is 24.7 Å². The number of rotatable bonds is 5. The van der Waals surface area contributed by atoms with Gasteiger partial charge in [0.2, 0.25) is 5.06 Å². The first kappa shape index (κ1) is 19.2. The fourth-order valence-electron chi connectivity index (χ4n) is 2.31. The van der Waals surface area contributed by atoms with Crippen LogP contribution in [0.2, 0.25) is 5.02 Å². The third-order valence-electron chi connectivity index (χ3n) is 3.49. The number of pyridine rings is 1. The summed E-state index contributed by atoms with van der Waals surface area (Å²) in [6.45, 7) is 1.67. The van der Waals surface area contributed by atoms with Gasteiger partial charge in [0, 0.05) is 6.20 Å². The van der Waals surface area contributed by atoms with E-state index in [0.717, 1.165) is 11.3 Å². The zero-order chi connectivity index (χ0) is 19.6. The van der Waals surface area contributed by atoms with Gasteiger partial charge in [-0.2, -0.15) is 0 Å². The molecular weight excluding hydrogens is 412 g/mol. The summed E-state index contributed by atoms with van der Waals surface area (Å²) in [6.07, 6.45) is -0.116. The first-order chi connectivity index (χ1) is 12.8. The van der Waals surface area contributed by atoms with Gasteiger partial charge in [-0.15, -0.1) is 0 Å². The standard InChI is InChI=1S/C17H13ClN2O5S2/c1-10-4-2-3-5-15(10)27(23,24)20-13-8-14(26-16(13)25-17(21)22)12-7-6-11(18)9-19-12/h2-9,20H,1H3,(H,21,22). The number of aromatic nitrogens is 1. The van der Waals surface area contributed by atoms with Gasteiger partial charge in [-0.05, 0) is 36.8 Å². The third-order valence-corrected chi connectivity index (χ3v) is 6.27. The Labute approximate surface area is 164 Å². The van der Waals surface area contributed by atoms with Crippen LogP contribution in [0, 0.1) is 6.92 Å². The number of thiophene rings is 1. The van der Waals surface area contributed by atoms with Crippen molar-refractivity contribution in [2.45, 2.75) is 11.8 Å². The van der Waals surface area contributed by atoms with Crippen LogP contribution in [0.25, 0.3) is 10.6 Å². The first-order valence-electron chi connectivity index (χ1n) is 7.51. The predicted octanol–water partition coefficient (Wildman–Crippen LogP) is 4.63. The van der Waals surface area contributed by atoms with Crippen LogP contribution in [0.5, 0.6) is 5.06 Å². The van der Waals surface area contributed by atoms with Gasteiger partial charge >= 0.3 is 6.16 Å². The molecule has 0 bridgehead atoms. The number of carbonyl (C=O) groups is 1. The topological polar surface area (TPSA) is 106 Å². The molecule has 2 heterocycles. The Morgan fingerprint density at radius 2 is 2.00 bits per heavy atom. The second kappa shape index (κ2) is 7.55. The minimum atomic E-state index is -3.94. The highest BCUT2D eigenvalue weighted by atomic mass is 35.5. The molecule has 0 saturated heterocycles. The number of halogens is 1. The number of anilines is 1. The molecule has 0 aliphatic carbocycles. The Bertz CT molecular complexity index is 1090. The van der Waals surface area contributed by atoms with Crippen molar-refractivity contribution in [1.29, 1.82) is 0 Å². The molecule has 0 amide bonds. The van der Waals surface area contributed by atoms with Crippen molar-refractivity contribution in [2.24, 2.45) is 0 Å². The number of nitrogens with zero attached hydrogens (tertiary/aromatic N) is 1. The van der Waals surface area contributed by atoms with E-state index in [1.807, 2.05) is 0 Å². The van der Waals surface area contributed by atoms with Crippen LogP contribution >= 0.6 is 22.9 Å². The molecule has 0 atom stereocenters. The third kappa shape index (κ3) is 4.38. The van der Waals surface area contributed by atoms with Crippen LogP contribution in [0.1, 0.15) is 5.56 Å². The normalized spacial score (nSPS) is 11.2. The van der Waals surface area contributed by atoms with E-state index in [4.69, 9.17) is 21.4 Å². The number of sulfonamides is 1. The predicted molar refractivity (Wildman–Crippen MR) is 103 cm³/mol. The number of nitrogens with one attached hydrogen (secondary N) is 1. The molecule has 27 heavy (non-hydrogen) atoms. The van der Waals surface area contributed by atoms with Crippen LogP contribution in [0.15, 0.2) is 53.6 Å². The van der Waals surface area contributed by atoms with Crippen molar-refractivity contribution in [1.82, 2.24) is 4.98 Å². The summed E-state index contributed by atoms with van der Waals surface area (Å²) in [7, 11) is -3.94. The fourth-order valence-corrected chi connectivity index (χ4v) is 4.72. The number of aryl methyl sites for hydroxylation is 1. The van der Waals surface area contributed by atoms with Gasteiger partial charge in [0.15, 0.2) is 0 Å². The zero-order valence-corrected chi connectivity index (χ0v) is 16.2. The lowest BCUT2D eigenvalue weighted by Crippen LogP contribution is -2.15. The minimum absolute atomic E-state index is 0.0115. The van der Waals surface area contributed by atoms with E-state index in [2.05, 4.69) is 9.71 Å². The summed E-state index contributed by atoms with van der Waals surface area (Å²) >= 11 is 6.77. The van der Waals surface area contributed by atoms with Crippen molar-refractivity contribution in [3.8, 4) is 15.6 Å². The second-order valence-electron chi connectivity index (χ2n) is 5.41. The average molecular weight is 425 g/mol. The van der Waals surface area contributed by atoms with Crippen LogP contribution < -0.4 is 9.46 Å². The van der Waals surface area contributed by atoms with E-state index in [-0.39, 0.29) is 15.6 Å². The maximum Gasteiger partial charge on any atom is 0.512 e. The Morgan fingerprint density at radius 1 is 1.26 bits per heavy atom. The maximum atomic E-state index is 12.7. The fraction of sp³-hybridized carbons (Fsp3) is 0.0588. The summed E-state index contributed by atoms with van der Waals surface area (Å²) < 4.78 is 32.5. The zero-order valence-electron chi connectivity index (χ0n) is 13.8. The lowest BCUT2D eigenvalue weighted by molar-refractivity contribution is 0.146. The Kier molecular flexibility index (Phi) is 5.36. The Morgan fingerprint density at radius 3 is 2.63 bits per heavy atom. The molecule has 0 aliphatic heterocycles. The smallest absolute Gasteiger partial charge is 0.449 e. The quantitative estimate of drug-likeness (QED) is 0.578. The lowest BCUT2D eigenvalue weighted by Gasteiger charge is -2.10. The number of hydrogen-bond donors (Lipinski definition) is 2. The molecule has 10 heteroatoms. The molecule has 0 aliphatic rings. The van der Waals surface area contributed by atoms with Crippen molar-refractivity contribution in [3.05, 3.63) is 59.2 Å². The Hall–Kier alpha value is -2.62. The largest absolute Gasteiger partial charge is 0.512 e. The van der Waals surface area contributed by atoms with Gasteiger partial charge in [0.05, 0.1) is 20.5 Å². The number of carboxylic acid groups (broad SMARTS) is 1. The van der Waals surface area contributed by atoms with Gasteiger partial charge in [0.25, 0.3) is 10.0 Å². The molecule has 140 valence electrons. The SMILES string of the molecule is Cc1ccccc1S(=O)(=O)Nc1cc(-c2ccc(Cl)cn2)sc1OC(=O)O. The number of benzene rings is 1. The van der Waals surface area contributed by atoms with Gasteiger partial charge in [-0.25, -0.2) is 13.2 Å².